The van der Waals surface area contributed by atoms with Crippen LogP contribution in [0.1, 0.15) is 0 Å². The molecule has 3 unspecified atom stereocenters. The van der Waals surface area contributed by atoms with E-state index < -0.39 is 31.3 Å². The van der Waals surface area contributed by atoms with E-state index in [-0.39, 0.29) is 6.61 Å². The van der Waals surface area contributed by atoms with Crippen molar-refractivity contribution >= 4 is 24.0 Å². The van der Waals surface area contributed by atoms with Crippen molar-refractivity contribution in [2.24, 2.45) is 10.7 Å². The molecule has 2 fully saturated rings. The standard InChI is InChI=1S/C11H16N3O5PS/c1-6-13-8(12)3-4-14(6)11-9(15)10-7(18-11)5-17-20(16,19-10)21-2/h3-4,7,9-11,15H,1,5H2,2H3,(H2,12,13)/t7-,9?,10?,11-,20?/m1/s1. The summed E-state index contributed by atoms with van der Waals surface area (Å²) < 4.78 is 28.5. The van der Waals surface area contributed by atoms with Gasteiger partial charge in [-0.2, -0.15) is 0 Å². The first kappa shape index (κ1) is 15.1. The van der Waals surface area contributed by atoms with Crippen LogP contribution in [0, 0.1) is 0 Å². The predicted molar refractivity (Wildman–Crippen MR) is 78.4 cm³/mol. The van der Waals surface area contributed by atoms with Gasteiger partial charge in [0.05, 0.1) is 6.61 Å². The Labute approximate surface area is 125 Å². The van der Waals surface area contributed by atoms with Crippen molar-refractivity contribution in [2.45, 2.75) is 24.5 Å². The van der Waals surface area contributed by atoms with Crippen LogP contribution in [0.4, 0.5) is 0 Å². The van der Waals surface area contributed by atoms with E-state index in [4.69, 9.17) is 19.5 Å². The van der Waals surface area contributed by atoms with Crippen molar-refractivity contribution in [3.8, 4) is 0 Å². The SMILES string of the molecule is C=C1N=C(N)C=CN1[C@@H]1O[C@@H]2COP(=O)(SC)OC2C1O. The average Bonchev–Trinajstić information content (AvgIpc) is 2.76. The van der Waals surface area contributed by atoms with E-state index in [0.29, 0.717) is 11.7 Å². The normalized spacial score (nSPS) is 42.9. The molecule has 3 aliphatic rings. The van der Waals surface area contributed by atoms with Crippen LogP contribution in [0.15, 0.2) is 29.7 Å². The summed E-state index contributed by atoms with van der Waals surface area (Å²) in [5, 5.41) is 10.4. The Kier molecular flexibility index (Phi) is 3.89. The maximum Gasteiger partial charge on any atom is 0.389 e. The molecule has 8 nitrogen and oxygen atoms in total. The molecule has 3 heterocycles. The summed E-state index contributed by atoms with van der Waals surface area (Å²) in [5.41, 5.74) is 5.58. The third-order valence-electron chi connectivity index (χ3n) is 3.42. The molecule has 0 saturated carbocycles. The van der Waals surface area contributed by atoms with E-state index in [2.05, 4.69) is 11.6 Å². The molecule has 0 radical (unpaired) electrons. The first-order chi connectivity index (χ1) is 9.93. The molecule has 0 spiro atoms. The first-order valence-corrected chi connectivity index (χ1v) is 9.62. The number of aliphatic hydroxyl groups excluding tert-OH is 1. The number of hydrogen-bond donors (Lipinski definition) is 2. The van der Waals surface area contributed by atoms with Crippen LogP contribution >= 0.6 is 18.2 Å². The Bertz CT molecular complexity index is 568. The fourth-order valence-corrected chi connectivity index (χ4v) is 4.57. The van der Waals surface area contributed by atoms with Crippen molar-refractivity contribution < 1.29 is 23.5 Å². The quantitative estimate of drug-likeness (QED) is 0.708. The molecule has 0 aliphatic carbocycles. The van der Waals surface area contributed by atoms with Crippen molar-refractivity contribution in [1.82, 2.24) is 4.90 Å². The predicted octanol–water partition coefficient (Wildman–Crippen LogP) is 0.616. The van der Waals surface area contributed by atoms with Crippen molar-refractivity contribution in [2.75, 3.05) is 12.9 Å². The highest BCUT2D eigenvalue weighted by Gasteiger charge is 2.53. The minimum atomic E-state index is -3.22. The molecule has 0 bridgehead atoms. The topological polar surface area (TPSA) is 107 Å². The van der Waals surface area contributed by atoms with Crippen molar-refractivity contribution in [1.29, 1.82) is 0 Å². The lowest BCUT2D eigenvalue weighted by Gasteiger charge is -2.31. The zero-order valence-electron chi connectivity index (χ0n) is 11.3. The lowest BCUT2D eigenvalue weighted by atomic mass is 10.1. The number of hydrogen-bond acceptors (Lipinski definition) is 9. The van der Waals surface area contributed by atoms with E-state index in [9.17, 15) is 9.67 Å². The van der Waals surface area contributed by atoms with Gasteiger partial charge in [0.25, 0.3) is 0 Å². The summed E-state index contributed by atoms with van der Waals surface area (Å²) in [7, 11) is 0. The zero-order valence-corrected chi connectivity index (χ0v) is 13.0. The number of rotatable bonds is 2. The maximum absolute atomic E-state index is 12.1. The van der Waals surface area contributed by atoms with Crippen molar-refractivity contribution in [3.05, 3.63) is 24.7 Å². The molecule has 21 heavy (non-hydrogen) atoms. The number of amidine groups is 1. The summed E-state index contributed by atoms with van der Waals surface area (Å²) in [6.45, 7) is 0.652. The molecule has 3 rings (SSSR count). The summed E-state index contributed by atoms with van der Waals surface area (Å²) in [5.74, 6) is 0.680. The molecule has 2 saturated heterocycles. The molecule has 10 heteroatoms. The summed E-state index contributed by atoms with van der Waals surface area (Å²) >= 11 is 0.998. The summed E-state index contributed by atoms with van der Waals surface area (Å²) in [6, 6.07) is 0. The molecule has 5 atom stereocenters. The maximum atomic E-state index is 12.1. The average molecular weight is 333 g/mol. The smallest absolute Gasteiger partial charge is 0.386 e. The molecular weight excluding hydrogens is 317 g/mol. The monoisotopic (exact) mass is 333 g/mol. The molecule has 3 aliphatic heterocycles. The fraction of sp³-hybridized carbons (Fsp3) is 0.545. The second kappa shape index (κ2) is 5.42. The Balaban J connectivity index is 1.78. The molecule has 3 N–H and O–H groups in total. The molecule has 0 aromatic carbocycles. The van der Waals surface area contributed by atoms with Gasteiger partial charge < -0.3 is 20.5 Å². The van der Waals surface area contributed by atoms with Gasteiger partial charge in [0.15, 0.2) is 6.23 Å². The summed E-state index contributed by atoms with van der Waals surface area (Å²) in [4.78, 5) is 5.58. The largest absolute Gasteiger partial charge is 0.389 e. The highest BCUT2D eigenvalue weighted by atomic mass is 32.7. The highest BCUT2D eigenvalue weighted by Crippen LogP contribution is 2.63. The lowest BCUT2D eigenvalue weighted by molar-refractivity contribution is -0.0711. The van der Waals surface area contributed by atoms with Crippen molar-refractivity contribution in [3.63, 3.8) is 0 Å². The van der Waals surface area contributed by atoms with Gasteiger partial charge in [0.2, 0.25) is 0 Å². The number of fused-ring (bicyclic) bond motifs is 1. The van der Waals surface area contributed by atoms with Crippen LogP contribution in [-0.4, -0.2) is 53.2 Å². The van der Waals surface area contributed by atoms with E-state index in [1.165, 1.54) is 0 Å². The van der Waals surface area contributed by atoms with Crippen LogP contribution in [0.5, 0.6) is 0 Å². The van der Waals surface area contributed by atoms with Gasteiger partial charge in [0, 0.05) is 6.20 Å². The van der Waals surface area contributed by atoms with Crippen LogP contribution < -0.4 is 5.73 Å². The minimum absolute atomic E-state index is 0.103. The molecule has 116 valence electrons. The van der Waals surface area contributed by atoms with Crippen LogP contribution in [0.25, 0.3) is 0 Å². The highest BCUT2D eigenvalue weighted by molar-refractivity contribution is 8.54. The molecular formula is C11H16N3O5PS. The number of ether oxygens (including phenoxy) is 1. The van der Waals surface area contributed by atoms with Crippen LogP contribution in [0.2, 0.25) is 0 Å². The van der Waals surface area contributed by atoms with Crippen LogP contribution in [-0.2, 0) is 18.3 Å². The second-order valence-corrected chi connectivity index (χ2v) is 8.89. The Morgan fingerprint density at radius 2 is 2.43 bits per heavy atom. The number of aliphatic imine (C=N–C) groups is 1. The Hall–Kier alpha value is -0.830. The second-order valence-electron chi connectivity index (χ2n) is 4.73. The van der Waals surface area contributed by atoms with Gasteiger partial charge in [-0.25, -0.2) is 9.56 Å². The van der Waals surface area contributed by atoms with E-state index in [0.717, 1.165) is 11.4 Å². The van der Waals surface area contributed by atoms with E-state index in [1.807, 2.05) is 0 Å². The Morgan fingerprint density at radius 3 is 3.10 bits per heavy atom. The third-order valence-corrected chi connectivity index (χ3v) is 6.75. The van der Waals surface area contributed by atoms with Gasteiger partial charge in [0.1, 0.15) is 30.0 Å². The lowest BCUT2D eigenvalue weighted by Crippen LogP contribution is -2.43. The van der Waals surface area contributed by atoms with Gasteiger partial charge in [-0.15, -0.1) is 0 Å². The summed E-state index contributed by atoms with van der Waals surface area (Å²) in [6.07, 6.45) is 1.89. The molecule has 0 amide bonds. The van der Waals surface area contributed by atoms with E-state index in [1.54, 1.807) is 23.4 Å². The van der Waals surface area contributed by atoms with Gasteiger partial charge >= 0.3 is 6.80 Å². The third kappa shape index (κ3) is 2.65. The minimum Gasteiger partial charge on any atom is -0.386 e. The fourth-order valence-electron chi connectivity index (χ4n) is 2.37. The van der Waals surface area contributed by atoms with Crippen LogP contribution in [0.3, 0.4) is 0 Å². The van der Waals surface area contributed by atoms with Gasteiger partial charge in [-0.1, -0.05) is 6.58 Å². The van der Waals surface area contributed by atoms with Gasteiger partial charge in [-0.3, -0.25) is 9.05 Å². The van der Waals surface area contributed by atoms with Gasteiger partial charge in [-0.05, 0) is 23.7 Å². The zero-order chi connectivity index (χ0) is 15.2. The molecule has 0 aromatic rings. The molecule has 0 aromatic heterocycles. The number of nitrogens with two attached hydrogens (primary N) is 1. The number of aliphatic hydroxyl groups is 1. The number of nitrogens with zero attached hydrogens (tertiary/aromatic N) is 2. The first-order valence-electron chi connectivity index (χ1n) is 6.25. The van der Waals surface area contributed by atoms with E-state index >= 15 is 0 Å². The Morgan fingerprint density at radius 1 is 1.67 bits per heavy atom.